The molecule has 3 nitrogen and oxygen atoms in total. The van der Waals surface area contributed by atoms with Gasteiger partial charge in [0.2, 0.25) is 0 Å². The van der Waals surface area contributed by atoms with Gasteiger partial charge in [0.05, 0.1) is 12.7 Å². The minimum Gasteiger partial charge on any atom is -0.380 e. The average molecular weight is 225 g/mol. The van der Waals surface area contributed by atoms with Crippen LogP contribution in [-0.4, -0.2) is 38.0 Å². The highest BCUT2D eigenvalue weighted by molar-refractivity contribution is 5.11. The fourth-order valence-electron chi connectivity index (χ4n) is 3.79. The first-order valence-corrected chi connectivity index (χ1v) is 6.65. The molecule has 2 heterocycles. The third-order valence-corrected chi connectivity index (χ3v) is 4.68. The number of rotatable bonds is 2. The molecule has 3 aliphatic rings. The summed E-state index contributed by atoms with van der Waals surface area (Å²) in [6, 6.07) is 1.20. The van der Waals surface area contributed by atoms with Crippen LogP contribution in [-0.2, 0) is 9.47 Å². The van der Waals surface area contributed by atoms with Gasteiger partial charge in [-0.05, 0) is 19.3 Å². The third kappa shape index (κ3) is 1.60. The van der Waals surface area contributed by atoms with Crippen molar-refractivity contribution in [3.63, 3.8) is 0 Å². The molecule has 0 radical (unpaired) electrons. The molecule has 2 aliphatic heterocycles. The first-order valence-electron chi connectivity index (χ1n) is 6.65. The Morgan fingerprint density at radius 2 is 2.06 bits per heavy atom. The molecule has 0 bridgehead atoms. The molecule has 16 heavy (non-hydrogen) atoms. The minimum atomic E-state index is 0.304. The Labute approximate surface area is 97.9 Å². The lowest BCUT2D eigenvalue weighted by Crippen LogP contribution is -2.67. The molecule has 2 saturated heterocycles. The van der Waals surface area contributed by atoms with Crippen molar-refractivity contribution in [2.75, 3.05) is 19.8 Å². The quantitative estimate of drug-likeness (QED) is 0.774. The second-order valence-electron chi connectivity index (χ2n) is 6.12. The number of fused-ring (bicyclic) bond motifs is 1. The number of nitrogens with one attached hydrogen (secondary N) is 1. The molecule has 3 rings (SSSR count). The van der Waals surface area contributed by atoms with Crippen LogP contribution in [0.1, 0.15) is 33.1 Å². The summed E-state index contributed by atoms with van der Waals surface area (Å²) in [5.41, 5.74) is 0.304. The van der Waals surface area contributed by atoms with E-state index in [1.165, 1.54) is 19.3 Å². The zero-order chi connectivity index (χ0) is 11.2. The predicted octanol–water partition coefficient (Wildman–Crippen LogP) is 1.57. The third-order valence-electron chi connectivity index (χ3n) is 4.68. The van der Waals surface area contributed by atoms with Crippen LogP contribution in [0, 0.1) is 11.3 Å². The van der Waals surface area contributed by atoms with E-state index in [0.29, 0.717) is 23.6 Å². The van der Waals surface area contributed by atoms with Crippen LogP contribution in [0.25, 0.3) is 0 Å². The molecule has 1 saturated carbocycles. The molecule has 0 spiro atoms. The molecule has 92 valence electrons. The standard InChI is InChI=1S/C13H23NO2/c1-13(2)11(10-5-7-16-12(10)13)14-9-4-3-6-15-8-9/h9-12,14H,3-8H2,1-2H3. The van der Waals surface area contributed by atoms with Gasteiger partial charge >= 0.3 is 0 Å². The van der Waals surface area contributed by atoms with Crippen LogP contribution >= 0.6 is 0 Å². The average Bonchev–Trinajstić information content (AvgIpc) is 2.74. The zero-order valence-electron chi connectivity index (χ0n) is 10.4. The molecule has 4 atom stereocenters. The van der Waals surface area contributed by atoms with E-state index in [1.54, 1.807) is 0 Å². The highest BCUT2D eigenvalue weighted by atomic mass is 16.5. The Balaban J connectivity index is 1.61. The highest BCUT2D eigenvalue weighted by Gasteiger charge is 2.59. The maximum Gasteiger partial charge on any atom is 0.0685 e. The molecule has 0 amide bonds. The van der Waals surface area contributed by atoms with Crippen LogP contribution < -0.4 is 5.32 Å². The summed E-state index contributed by atoms with van der Waals surface area (Å²) in [5, 5.41) is 3.81. The fraction of sp³-hybridized carbons (Fsp3) is 1.00. The monoisotopic (exact) mass is 225 g/mol. The minimum absolute atomic E-state index is 0.304. The van der Waals surface area contributed by atoms with Gasteiger partial charge in [0.25, 0.3) is 0 Å². The van der Waals surface area contributed by atoms with Gasteiger partial charge in [-0.3, -0.25) is 0 Å². The lowest BCUT2D eigenvalue weighted by Gasteiger charge is -2.56. The highest BCUT2D eigenvalue weighted by Crippen LogP contribution is 2.52. The van der Waals surface area contributed by atoms with Crippen molar-refractivity contribution in [3.8, 4) is 0 Å². The van der Waals surface area contributed by atoms with Gasteiger partial charge in [-0.1, -0.05) is 13.8 Å². The Kier molecular flexibility index (Phi) is 2.73. The van der Waals surface area contributed by atoms with E-state index in [0.717, 1.165) is 25.7 Å². The Hall–Kier alpha value is -0.120. The van der Waals surface area contributed by atoms with Crippen molar-refractivity contribution in [3.05, 3.63) is 0 Å². The van der Waals surface area contributed by atoms with Gasteiger partial charge in [0.1, 0.15) is 0 Å². The summed E-state index contributed by atoms with van der Waals surface area (Å²) < 4.78 is 11.4. The summed E-state index contributed by atoms with van der Waals surface area (Å²) in [7, 11) is 0. The van der Waals surface area contributed by atoms with Gasteiger partial charge in [0, 0.05) is 36.6 Å². The smallest absolute Gasteiger partial charge is 0.0685 e. The lowest BCUT2D eigenvalue weighted by atomic mass is 9.57. The summed E-state index contributed by atoms with van der Waals surface area (Å²) >= 11 is 0. The molecule has 3 fully saturated rings. The van der Waals surface area contributed by atoms with Gasteiger partial charge in [0.15, 0.2) is 0 Å². The summed E-state index contributed by atoms with van der Waals surface area (Å²) in [6.45, 7) is 7.46. The van der Waals surface area contributed by atoms with Crippen molar-refractivity contribution in [1.82, 2.24) is 5.32 Å². The summed E-state index contributed by atoms with van der Waals surface area (Å²) in [5.74, 6) is 0.747. The molecular formula is C13H23NO2. The molecule has 0 aromatic heterocycles. The number of ether oxygens (including phenoxy) is 2. The van der Waals surface area contributed by atoms with Gasteiger partial charge in [-0.2, -0.15) is 0 Å². The van der Waals surface area contributed by atoms with E-state index in [-0.39, 0.29) is 0 Å². The number of hydrogen-bond acceptors (Lipinski definition) is 3. The molecular weight excluding hydrogens is 202 g/mol. The van der Waals surface area contributed by atoms with Gasteiger partial charge < -0.3 is 14.8 Å². The SMILES string of the molecule is CC1(C)C(NC2CCCOC2)C2CCOC21. The first kappa shape index (κ1) is 11.0. The van der Waals surface area contributed by atoms with Crippen molar-refractivity contribution in [1.29, 1.82) is 0 Å². The molecule has 1 aliphatic carbocycles. The van der Waals surface area contributed by atoms with E-state index in [1.807, 2.05) is 0 Å². The van der Waals surface area contributed by atoms with E-state index >= 15 is 0 Å². The van der Waals surface area contributed by atoms with Crippen molar-refractivity contribution in [2.45, 2.75) is 51.3 Å². The van der Waals surface area contributed by atoms with Crippen molar-refractivity contribution in [2.24, 2.45) is 11.3 Å². The van der Waals surface area contributed by atoms with Crippen LogP contribution in [0.15, 0.2) is 0 Å². The topological polar surface area (TPSA) is 30.5 Å². The molecule has 0 aromatic rings. The van der Waals surface area contributed by atoms with E-state index in [9.17, 15) is 0 Å². The molecule has 3 heteroatoms. The summed E-state index contributed by atoms with van der Waals surface area (Å²) in [4.78, 5) is 0. The van der Waals surface area contributed by atoms with Crippen LogP contribution in [0.3, 0.4) is 0 Å². The van der Waals surface area contributed by atoms with Crippen LogP contribution in [0.5, 0.6) is 0 Å². The fourth-order valence-corrected chi connectivity index (χ4v) is 3.79. The number of hydrogen-bond donors (Lipinski definition) is 1. The zero-order valence-corrected chi connectivity index (χ0v) is 10.4. The second kappa shape index (κ2) is 3.97. The van der Waals surface area contributed by atoms with E-state index in [2.05, 4.69) is 19.2 Å². The Morgan fingerprint density at radius 1 is 1.19 bits per heavy atom. The normalized spacial score (nSPS) is 46.1. The first-order chi connectivity index (χ1) is 7.69. The summed E-state index contributed by atoms with van der Waals surface area (Å²) in [6.07, 6.45) is 4.20. The largest absolute Gasteiger partial charge is 0.380 e. The van der Waals surface area contributed by atoms with Crippen LogP contribution in [0.2, 0.25) is 0 Å². The van der Waals surface area contributed by atoms with Gasteiger partial charge in [-0.25, -0.2) is 0 Å². The maximum atomic E-state index is 5.82. The Morgan fingerprint density at radius 3 is 2.81 bits per heavy atom. The molecule has 0 aromatic carbocycles. The second-order valence-corrected chi connectivity index (χ2v) is 6.12. The molecule has 4 unspecified atom stereocenters. The van der Waals surface area contributed by atoms with Crippen molar-refractivity contribution < 1.29 is 9.47 Å². The lowest BCUT2D eigenvalue weighted by molar-refractivity contribution is -0.119. The van der Waals surface area contributed by atoms with Crippen molar-refractivity contribution >= 4 is 0 Å². The molecule has 1 N–H and O–H groups in total. The Bertz CT molecular complexity index is 261. The van der Waals surface area contributed by atoms with Crippen LogP contribution in [0.4, 0.5) is 0 Å². The van der Waals surface area contributed by atoms with E-state index in [4.69, 9.17) is 9.47 Å². The van der Waals surface area contributed by atoms with E-state index < -0.39 is 0 Å². The van der Waals surface area contributed by atoms with Gasteiger partial charge in [-0.15, -0.1) is 0 Å². The predicted molar refractivity (Wildman–Crippen MR) is 62.4 cm³/mol. The maximum absolute atomic E-state index is 5.82.